The van der Waals surface area contributed by atoms with Crippen molar-refractivity contribution in [3.05, 3.63) is 40.7 Å². The first-order valence-corrected chi connectivity index (χ1v) is 9.79. The number of aryl methyl sites for hydroxylation is 1. The van der Waals surface area contributed by atoms with E-state index in [1.54, 1.807) is 23.7 Å². The fourth-order valence-electron chi connectivity index (χ4n) is 3.14. The van der Waals surface area contributed by atoms with Gasteiger partial charge >= 0.3 is 6.03 Å². The SMILES string of the molecule is CCc1nc(NC(=O)N[C@@H]2CCO[C@H]2c2cccnc2)sc1C(C)(C)C. The van der Waals surface area contributed by atoms with Gasteiger partial charge in [0.2, 0.25) is 0 Å². The van der Waals surface area contributed by atoms with Crippen LogP contribution in [0.2, 0.25) is 0 Å². The number of aromatic nitrogens is 2. The maximum Gasteiger partial charge on any atom is 0.321 e. The first-order chi connectivity index (χ1) is 12.4. The van der Waals surface area contributed by atoms with Crippen molar-refractivity contribution in [3.8, 4) is 0 Å². The molecule has 2 aromatic rings. The van der Waals surface area contributed by atoms with Crippen molar-refractivity contribution in [2.24, 2.45) is 0 Å². The van der Waals surface area contributed by atoms with E-state index in [2.05, 4.69) is 48.3 Å². The Morgan fingerprint density at radius 3 is 2.85 bits per heavy atom. The lowest BCUT2D eigenvalue weighted by Crippen LogP contribution is -2.39. The third-order valence-corrected chi connectivity index (χ3v) is 5.79. The molecule has 2 amide bonds. The van der Waals surface area contributed by atoms with Gasteiger partial charge in [-0.25, -0.2) is 9.78 Å². The van der Waals surface area contributed by atoms with E-state index in [-0.39, 0.29) is 23.6 Å². The van der Waals surface area contributed by atoms with Gasteiger partial charge in [0, 0.05) is 29.4 Å². The summed E-state index contributed by atoms with van der Waals surface area (Å²) in [6, 6.07) is 3.53. The van der Waals surface area contributed by atoms with Gasteiger partial charge in [-0.2, -0.15) is 0 Å². The summed E-state index contributed by atoms with van der Waals surface area (Å²) in [5.41, 5.74) is 2.05. The van der Waals surface area contributed by atoms with E-state index in [4.69, 9.17) is 4.74 Å². The number of nitrogens with zero attached hydrogens (tertiary/aromatic N) is 2. The zero-order valence-electron chi connectivity index (χ0n) is 15.7. The second kappa shape index (κ2) is 7.72. The second-order valence-electron chi connectivity index (χ2n) is 7.47. The van der Waals surface area contributed by atoms with E-state index in [1.165, 1.54) is 4.88 Å². The molecule has 1 saturated heterocycles. The summed E-state index contributed by atoms with van der Waals surface area (Å²) in [5.74, 6) is 0. The van der Waals surface area contributed by atoms with Crippen LogP contribution in [-0.4, -0.2) is 28.6 Å². The van der Waals surface area contributed by atoms with Gasteiger partial charge in [0.25, 0.3) is 0 Å². The number of hydrogen-bond donors (Lipinski definition) is 2. The third-order valence-electron chi connectivity index (χ3n) is 4.36. The van der Waals surface area contributed by atoms with Crippen LogP contribution >= 0.6 is 11.3 Å². The van der Waals surface area contributed by atoms with Gasteiger partial charge in [0.1, 0.15) is 6.10 Å². The Bertz CT molecular complexity index is 755. The molecule has 2 atom stereocenters. The Morgan fingerprint density at radius 2 is 2.23 bits per heavy atom. The molecule has 1 aliphatic rings. The number of anilines is 1. The fraction of sp³-hybridized carbons (Fsp3) is 0.526. The maximum absolute atomic E-state index is 12.5. The maximum atomic E-state index is 12.5. The van der Waals surface area contributed by atoms with Crippen LogP contribution in [-0.2, 0) is 16.6 Å². The molecular formula is C19H26N4O2S. The fourth-order valence-corrected chi connectivity index (χ4v) is 4.25. The second-order valence-corrected chi connectivity index (χ2v) is 8.47. The van der Waals surface area contributed by atoms with Gasteiger partial charge in [-0.3, -0.25) is 10.3 Å². The summed E-state index contributed by atoms with van der Waals surface area (Å²) in [6.07, 6.45) is 4.98. The molecule has 26 heavy (non-hydrogen) atoms. The predicted octanol–water partition coefficient (Wildman–Crippen LogP) is 4.05. The molecule has 7 heteroatoms. The van der Waals surface area contributed by atoms with Crippen LogP contribution < -0.4 is 10.6 Å². The summed E-state index contributed by atoms with van der Waals surface area (Å²) >= 11 is 1.55. The Kier molecular flexibility index (Phi) is 5.58. The van der Waals surface area contributed by atoms with E-state index < -0.39 is 0 Å². The molecule has 140 valence electrons. The van der Waals surface area contributed by atoms with E-state index in [1.807, 2.05) is 12.1 Å². The lowest BCUT2D eigenvalue weighted by Gasteiger charge is -2.19. The highest BCUT2D eigenvalue weighted by Crippen LogP contribution is 2.34. The topological polar surface area (TPSA) is 76.1 Å². The number of rotatable bonds is 4. The first kappa shape index (κ1) is 18.8. The minimum absolute atomic E-state index is 0.0180. The quantitative estimate of drug-likeness (QED) is 0.846. The van der Waals surface area contributed by atoms with Gasteiger partial charge in [-0.15, -0.1) is 11.3 Å². The van der Waals surface area contributed by atoms with Crippen LogP contribution in [0.25, 0.3) is 0 Å². The van der Waals surface area contributed by atoms with Crippen molar-refractivity contribution in [1.29, 1.82) is 0 Å². The number of carbonyl (C=O) groups excluding carboxylic acids is 1. The van der Waals surface area contributed by atoms with Crippen molar-refractivity contribution in [2.75, 3.05) is 11.9 Å². The molecule has 0 bridgehead atoms. The molecule has 2 N–H and O–H groups in total. The predicted molar refractivity (Wildman–Crippen MR) is 104 cm³/mol. The van der Waals surface area contributed by atoms with Gasteiger partial charge in [0.05, 0.1) is 11.7 Å². The Labute approximate surface area is 158 Å². The summed E-state index contributed by atoms with van der Waals surface area (Å²) in [7, 11) is 0. The highest BCUT2D eigenvalue weighted by molar-refractivity contribution is 7.16. The van der Waals surface area contributed by atoms with Crippen LogP contribution in [0.3, 0.4) is 0 Å². The summed E-state index contributed by atoms with van der Waals surface area (Å²) < 4.78 is 5.79. The van der Waals surface area contributed by atoms with Crippen LogP contribution in [0.1, 0.15) is 56.4 Å². The largest absolute Gasteiger partial charge is 0.371 e. The van der Waals surface area contributed by atoms with E-state index in [9.17, 15) is 4.79 Å². The van der Waals surface area contributed by atoms with Crippen LogP contribution in [0.5, 0.6) is 0 Å². The lowest BCUT2D eigenvalue weighted by atomic mass is 9.93. The monoisotopic (exact) mass is 374 g/mol. The number of nitrogens with one attached hydrogen (secondary N) is 2. The summed E-state index contributed by atoms with van der Waals surface area (Å²) in [6.45, 7) is 9.20. The van der Waals surface area contributed by atoms with Crippen molar-refractivity contribution in [2.45, 2.75) is 58.1 Å². The molecule has 3 rings (SSSR count). The standard InChI is InChI=1S/C19H26N4O2S/c1-5-13-16(19(2,3)4)26-18(22-13)23-17(24)21-14-8-10-25-15(14)12-7-6-9-20-11-12/h6-7,9,11,14-15H,5,8,10H2,1-4H3,(H2,21,22,23,24)/t14-,15+/m1/s1. The summed E-state index contributed by atoms with van der Waals surface area (Å²) in [5, 5.41) is 6.56. The normalized spacial score (nSPS) is 20.2. The van der Waals surface area contributed by atoms with Gasteiger partial charge in [-0.1, -0.05) is 33.8 Å². The van der Waals surface area contributed by atoms with Crippen LogP contribution in [0, 0.1) is 0 Å². The molecule has 0 aliphatic carbocycles. The number of amides is 2. The third kappa shape index (κ3) is 4.22. The zero-order valence-corrected chi connectivity index (χ0v) is 16.5. The highest BCUT2D eigenvalue weighted by Gasteiger charge is 2.31. The van der Waals surface area contributed by atoms with Crippen molar-refractivity contribution in [1.82, 2.24) is 15.3 Å². The number of urea groups is 1. The minimum atomic E-state index is -0.244. The minimum Gasteiger partial charge on any atom is -0.371 e. The molecule has 6 nitrogen and oxygen atoms in total. The average molecular weight is 375 g/mol. The highest BCUT2D eigenvalue weighted by atomic mass is 32.1. The molecule has 0 aromatic carbocycles. The lowest BCUT2D eigenvalue weighted by molar-refractivity contribution is 0.100. The number of thiazole rings is 1. The average Bonchev–Trinajstić information content (AvgIpc) is 3.22. The Balaban J connectivity index is 1.66. The molecule has 0 radical (unpaired) electrons. The van der Waals surface area contributed by atoms with Crippen molar-refractivity contribution in [3.63, 3.8) is 0 Å². The number of carbonyl (C=O) groups is 1. The molecule has 3 heterocycles. The molecule has 0 unspecified atom stereocenters. The first-order valence-electron chi connectivity index (χ1n) is 8.97. The molecular weight excluding hydrogens is 348 g/mol. The van der Waals surface area contributed by atoms with Crippen molar-refractivity contribution >= 4 is 22.5 Å². The van der Waals surface area contributed by atoms with E-state index in [0.717, 1.165) is 24.1 Å². The van der Waals surface area contributed by atoms with Crippen LogP contribution in [0.15, 0.2) is 24.5 Å². The van der Waals surface area contributed by atoms with Gasteiger partial charge in [0.15, 0.2) is 5.13 Å². The van der Waals surface area contributed by atoms with E-state index in [0.29, 0.717) is 11.7 Å². The Morgan fingerprint density at radius 1 is 1.42 bits per heavy atom. The van der Waals surface area contributed by atoms with E-state index >= 15 is 0 Å². The van der Waals surface area contributed by atoms with Crippen LogP contribution in [0.4, 0.5) is 9.93 Å². The molecule has 1 aliphatic heterocycles. The smallest absolute Gasteiger partial charge is 0.321 e. The summed E-state index contributed by atoms with van der Waals surface area (Å²) in [4.78, 5) is 22.4. The number of pyridine rings is 1. The molecule has 0 spiro atoms. The molecule has 0 saturated carbocycles. The number of ether oxygens (including phenoxy) is 1. The Hall–Kier alpha value is -1.99. The zero-order chi connectivity index (χ0) is 18.7. The number of hydrogen-bond acceptors (Lipinski definition) is 5. The molecule has 2 aromatic heterocycles. The van der Waals surface area contributed by atoms with Gasteiger partial charge < -0.3 is 10.1 Å². The molecule has 1 fully saturated rings. The van der Waals surface area contributed by atoms with Gasteiger partial charge in [-0.05, 0) is 24.3 Å². The van der Waals surface area contributed by atoms with Crippen molar-refractivity contribution < 1.29 is 9.53 Å².